The molecule has 0 bridgehead atoms. The highest BCUT2D eigenvalue weighted by Gasteiger charge is 2.15. The van der Waals surface area contributed by atoms with Crippen molar-refractivity contribution in [3.8, 4) is 0 Å². The molecule has 78 valence electrons. The fraction of sp³-hybridized carbons (Fsp3) is 0.900. The molecule has 0 rings (SSSR count). The van der Waals surface area contributed by atoms with Crippen molar-refractivity contribution in [3.05, 3.63) is 0 Å². The number of unbranched alkanes of at least 4 members (excludes halogenated alkanes) is 2. The van der Waals surface area contributed by atoms with Crippen molar-refractivity contribution < 1.29 is 15.0 Å². The van der Waals surface area contributed by atoms with E-state index in [-0.39, 0.29) is 0 Å². The summed E-state index contributed by atoms with van der Waals surface area (Å²) in [4.78, 5) is 10.5. The lowest BCUT2D eigenvalue weighted by Crippen LogP contribution is -2.18. The third-order valence-corrected chi connectivity index (χ3v) is 2.19. The number of rotatable bonds is 7. The molecule has 0 saturated heterocycles. The smallest absolute Gasteiger partial charge is 0.306 e. The average Bonchev–Trinajstić information content (AvgIpc) is 2.04. The van der Waals surface area contributed by atoms with Gasteiger partial charge in [-0.05, 0) is 12.8 Å². The number of hydrogen-bond donors (Lipinski definition) is 2. The van der Waals surface area contributed by atoms with E-state index in [1.165, 1.54) is 0 Å². The van der Waals surface area contributed by atoms with Gasteiger partial charge in [-0.3, -0.25) is 4.79 Å². The van der Waals surface area contributed by atoms with Gasteiger partial charge in [0, 0.05) is 0 Å². The van der Waals surface area contributed by atoms with E-state index in [1.54, 1.807) is 6.92 Å². The highest BCUT2D eigenvalue weighted by atomic mass is 16.4. The Hall–Kier alpha value is -0.570. The molecular formula is C10H20O3. The van der Waals surface area contributed by atoms with Crippen LogP contribution in [0.1, 0.15) is 46.0 Å². The Bertz CT molecular complexity index is 145. The Labute approximate surface area is 79.8 Å². The number of aliphatic hydroxyl groups is 1. The van der Waals surface area contributed by atoms with Crippen molar-refractivity contribution in [2.24, 2.45) is 5.92 Å². The molecule has 2 unspecified atom stereocenters. The van der Waals surface area contributed by atoms with E-state index in [0.29, 0.717) is 6.42 Å². The molecule has 3 heteroatoms. The monoisotopic (exact) mass is 188 g/mol. The molecule has 0 aliphatic carbocycles. The van der Waals surface area contributed by atoms with Gasteiger partial charge >= 0.3 is 5.97 Å². The first-order chi connectivity index (χ1) is 6.07. The molecule has 0 saturated carbocycles. The lowest BCUT2D eigenvalue weighted by atomic mass is 10.00. The fourth-order valence-electron chi connectivity index (χ4n) is 1.26. The van der Waals surface area contributed by atoms with Crippen LogP contribution in [0.15, 0.2) is 0 Å². The van der Waals surface area contributed by atoms with Crippen LogP contribution in [0.4, 0.5) is 0 Å². The van der Waals surface area contributed by atoms with Gasteiger partial charge in [-0.2, -0.15) is 0 Å². The number of hydrogen-bond acceptors (Lipinski definition) is 2. The summed E-state index contributed by atoms with van der Waals surface area (Å²) in [5.74, 6) is -1.26. The van der Waals surface area contributed by atoms with E-state index in [2.05, 4.69) is 6.92 Å². The lowest BCUT2D eigenvalue weighted by Gasteiger charge is -2.12. The van der Waals surface area contributed by atoms with Gasteiger partial charge in [-0.15, -0.1) is 0 Å². The van der Waals surface area contributed by atoms with Gasteiger partial charge in [-0.1, -0.05) is 33.1 Å². The first-order valence-corrected chi connectivity index (χ1v) is 4.98. The molecule has 3 nitrogen and oxygen atoms in total. The maximum Gasteiger partial charge on any atom is 0.306 e. The number of aliphatic hydroxyl groups excluding tert-OH is 1. The van der Waals surface area contributed by atoms with Gasteiger partial charge in [0.25, 0.3) is 0 Å². The van der Waals surface area contributed by atoms with Gasteiger partial charge in [0.1, 0.15) is 0 Å². The average molecular weight is 188 g/mol. The van der Waals surface area contributed by atoms with Crippen LogP contribution in [0.3, 0.4) is 0 Å². The predicted octanol–water partition coefficient (Wildman–Crippen LogP) is 2.04. The van der Waals surface area contributed by atoms with Gasteiger partial charge in [0.05, 0.1) is 12.0 Å². The van der Waals surface area contributed by atoms with Crippen molar-refractivity contribution >= 4 is 5.97 Å². The first kappa shape index (κ1) is 12.4. The first-order valence-electron chi connectivity index (χ1n) is 4.98. The number of aliphatic carboxylic acids is 1. The highest BCUT2D eigenvalue weighted by molar-refractivity contribution is 5.69. The topological polar surface area (TPSA) is 57.5 Å². The molecule has 0 amide bonds. The van der Waals surface area contributed by atoms with Crippen LogP contribution < -0.4 is 0 Å². The maximum atomic E-state index is 10.5. The van der Waals surface area contributed by atoms with Crippen molar-refractivity contribution in [3.63, 3.8) is 0 Å². The summed E-state index contributed by atoms with van der Waals surface area (Å²) in [6.45, 7) is 3.73. The van der Waals surface area contributed by atoms with Crippen LogP contribution >= 0.6 is 0 Å². The summed E-state index contributed by atoms with van der Waals surface area (Å²) < 4.78 is 0. The van der Waals surface area contributed by atoms with Crippen LogP contribution in [0.25, 0.3) is 0 Å². The number of carboxylic acid groups (broad SMARTS) is 1. The van der Waals surface area contributed by atoms with Gasteiger partial charge < -0.3 is 10.2 Å². The summed E-state index contributed by atoms with van der Waals surface area (Å²) >= 11 is 0. The van der Waals surface area contributed by atoms with E-state index in [1.807, 2.05) is 0 Å². The normalized spacial score (nSPS) is 15.3. The van der Waals surface area contributed by atoms with Crippen molar-refractivity contribution in [1.82, 2.24) is 0 Å². The van der Waals surface area contributed by atoms with Gasteiger partial charge in [0.15, 0.2) is 0 Å². The van der Waals surface area contributed by atoms with Gasteiger partial charge in [-0.25, -0.2) is 0 Å². The minimum absolute atomic E-state index is 0.374. The highest BCUT2D eigenvalue weighted by Crippen LogP contribution is 2.12. The van der Waals surface area contributed by atoms with E-state index in [0.717, 1.165) is 25.7 Å². The predicted molar refractivity (Wildman–Crippen MR) is 51.6 cm³/mol. The molecule has 0 aromatic heterocycles. The largest absolute Gasteiger partial charge is 0.481 e. The summed E-state index contributed by atoms with van der Waals surface area (Å²) in [5.41, 5.74) is 0. The summed E-state index contributed by atoms with van der Waals surface area (Å²) in [6, 6.07) is 0. The Kier molecular flexibility index (Phi) is 6.59. The quantitative estimate of drug-likeness (QED) is 0.601. The van der Waals surface area contributed by atoms with Crippen molar-refractivity contribution in [2.75, 3.05) is 0 Å². The third kappa shape index (κ3) is 6.58. The van der Waals surface area contributed by atoms with Crippen LogP contribution in [0.2, 0.25) is 0 Å². The molecule has 0 aliphatic rings. The SMILES string of the molecule is CCCCCC(O)CC(C)C(=O)O. The molecule has 0 heterocycles. The molecule has 0 fully saturated rings. The van der Waals surface area contributed by atoms with Crippen molar-refractivity contribution in [2.45, 2.75) is 52.1 Å². The van der Waals surface area contributed by atoms with Crippen LogP contribution in [-0.4, -0.2) is 22.3 Å². The van der Waals surface area contributed by atoms with Crippen LogP contribution in [-0.2, 0) is 4.79 Å². The lowest BCUT2D eigenvalue weighted by molar-refractivity contribution is -0.142. The molecular weight excluding hydrogens is 168 g/mol. The summed E-state index contributed by atoms with van der Waals surface area (Å²) in [5, 5.41) is 18.0. The minimum Gasteiger partial charge on any atom is -0.481 e. The zero-order valence-corrected chi connectivity index (χ0v) is 8.49. The Balaban J connectivity index is 3.49. The Morgan fingerprint density at radius 2 is 2.00 bits per heavy atom. The van der Waals surface area contributed by atoms with E-state index in [9.17, 15) is 9.90 Å². The third-order valence-electron chi connectivity index (χ3n) is 2.19. The van der Waals surface area contributed by atoms with E-state index in [4.69, 9.17) is 5.11 Å². The zero-order valence-electron chi connectivity index (χ0n) is 8.49. The van der Waals surface area contributed by atoms with E-state index >= 15 is 0 Å². The standard InChI is InChI=1S/C10H20O3/c1-3-4-5-6-9(11)7-8(2)10(12)13/h8-9,11H,3-7H2,1-2H3,(H,12,13). The molecule has 0 aromatic carbocycles. The second-order valence-electron chi connectivity index (χ2n) is 3.62. The molecule has 0 spiro atoms. The second-order valence-corrected chi connectivity index (χ2v) is 3.62. The van der Waals surface area contributed by atoms with Gasteiger partial charge in [0.2, 0.25) is 0 Å². The molecule has 0 aliphatic heterocycles. The fourth-order valence-corrected chi connectivity index (χ4v) is 1.26. The summed E-state index contributed by atoms with van der Waals surface area (Å²) in [6.07, 6.45) is 3.88. The Morgan fingerprint density at radius 1 is 1.38 bits per heavy atom. The second kappa shape index (κ2) is 6.89. The van der Waals surface area contributed by atoms with E-state index < -0.39 is 18.0 Å². The minimum atomic E-state index is -0.824. The molecule has 0 radical (unpaired) electrons. The molecule has 13 heavy (non-hydrogen) atoms. The zero-order chi connectivity index (χ0) is 10.3. The van der Waals surface area contributed by atoms with Crippen LogP contribution in [0, 0.1) is 5.92 Å². The summed E-state index contributed by atoms with van der Waals surface area (Å²) in [7, 11) is 0. The number of carboxylic acids is 1. The van der Waals surface area contributed by atoms with Crippen molar-refractivity contribution in [1.29, 1.82) is 0 Å². The van der Waals surface area contributed by atoms with Crippen LogP contribution in [0.5, 0.6) is 0 Å². The maximum absolute atomic E-state index is 10.5. The molecule has 0 aromatic rings. The molecule has 2 N–H and O–H groups in total. The molecule has 2 atom stereocenters. The number of carbonyl (C=O) groups is 1. The Morgan fingerprint density at radius 3 is 2.46 bits per heavy atom.